The molecule has 0 radical (unpaired) electrons. The van der Waals surface area contributed by atoms with Gasteiger partial charge in [0, 0.05) is 19.1 Å². The molecule has 3 N–H and O–H groups in total. The number of rotatable bonds is 3. The van der Waals surface area contributed by atoms with Crippen molar-refractivity contribution < 1.29 is 9.84 Å². The summed E-state index contributed by atoms with van der Waals surface area (Å²) >= 11 is 0. The highest BCUT2D eigenvalue weighted by Crippen LogP contribution is 2.36. The molecule has 2 rings (SSSR count). The van der Waals surface area contributed by atoms with Crippen LogP contribution in [0.5, 0.6) is 0 Å². The lowest BCUT2D eigenvalue weighted by Gasteiger charge is -2.27. The van der Waals surface area contributed by atoms with Crippen molar-refractivity contribution in [2.24, 2.45) is 11.7 Å². The van der Waals surface area contributed by atoms with Gasteiger partial charge in [0.15, 0.2) is 0 Å². The second kappa shape index (κ2) is 2.98. The lowest BCUT2D eigenvalue weighted by Crippen LogP contribution is -2.48. The molecular formula is C9H17NO2. The Hall–Kier alpha value is -0.120. The van der Waals surface area contributed by atoms with Gasteiger partial charge < -0.3 is 15.6 Å². The topological polar surface area (TPSA) is 55.5 Å². The molecule has 0 aromatic carbocycles. The highest BCUT2D eigenvalue weighted by molar-refractivity contribution is 4.95. The normalized spacial score (nSPS) is 38.5. The Labute approximate surface area is 72.9 Å². The average Bonchev–Trinajstić information content (AvgIpc) is 2.73. The van der Waals surface area contributed by atoms with Crippen LogP contribution >= 0.6 is 0 Å². The molecule has 2 aliphatic rings. The summed E-state index contributed by atoms with van der Waals surface area (Å²) in [5, 5.41) is 9.99. The van der Waals surface area contributed by atoms with Gasteiger partial charge in [0.1, 0.15) is 5.60 Å². The molecule has 0 spiro atoms. The maximum Gasteiger partial charge on any atom is 0.105 e. The van der Waals surface area contributed by atoms with Gasteiger partial charge in [-0.25, -0.2) is 0 Å². The van der Waals surface area contributed by atoms with Gasteiger partial charge in [-0.15, -0.1) is 0 Å². The number of ether oxygens (including phenoxy) is 1. The fourth-order valence-electron chi connectivity index (χ4n) is 1.79. The van der Waals surface area contributed by atoms with Gasteiger partial charge in [-0.2, -0.15) is 0 Å². The van der Waals surface area contributed by atoms with Crippen LogP contribution in [0, 0.1) is 5.92 Å². The van der Waals surface area contributed by atoms with E-state index in [9.17, 15) is 5.11 Å². The van der Waals surface area contributed by atoms with Crippen LogP contribution < -0.4 is 5.73 Å². The zero-order valence-electron chi connectivity index (χ0n) is 7.33. The lowest BCUT2D eigenvalue weighted by atomic mass is 9.90. The third kappa shape index (κ3) is 1.63. The van der Waals surface area contributed by atoms with E-state index in [-0.39, 0.29) is 6.04 Å². The molecule has 3 heteroatoms. The van der Waals surface area contributed by atoms with Crippen LogP contribution in [0.1, 0.15) is 25.7 Å². The van der Waals surface area contributed by atoms with Crippen molar-refractivity contribution in [3.63, 3.8) is 0 Å². The number of nitrogens with two attached hydrogens (primary N) is 1. The first kappa shape index (κ1) is 8.48. The molecule has 0 bridgehead atoms. The molecule has 2 fully saturated rings. The predicted octanol–water partition coefficient (Wildman–Crippen LogP) is 0.265. The minimum Gasteiger partial charge on any atom is -0.386 e. The number of aliphatic hydroxyl groups is 1. The zero-order chi connectivity index (χ0) is 8.60. The standard InChI is InChI=1S/C9H17NO2/c10-8(5-7-1-2-7)9(11)3-4-12-6-9/h7-8,11H,1-6,10H2. The molecule has 0 amide bonds. The molecule has 1 aliphatic heterocycles. The van der Waals surface area contributed by atoms with Gasteiger partial charge in [0.05, 0.1) is 6.61 Å². The molecule has 12 heavy (non-hydrogen) atoms. The predicted molar refractivity (Wildman–Crippen MR) is 45.7 cm³/mol. The summed E-state index contributed by atoms with van der Waals surface area (Å²) in [4.78, 5) is 0. The van der Waals surface area contributed by atoms with Crippen molar-refractivity contribution in [3.8, 4) is 0 Å². The van der Waals surface area contributed by atoms with Crippen LogP contribution in [-0.4, -0.2) is 30.0 Å². The van der Waals surface area contributed by atoms with Crippen LogP contribution in [0.2, 0.25) is 0 Å². The van der Waals surface area contributed by atoms with Crippen molar-refractivity contribution >= 4 is 0 Å². The molecule has 1 heterocycles. The lowest BCUT2D eigenvalue weighted by molar-refractivity contribution is 0.000608. The van der Waals surface area contributed by atoms with Crippen molar-refractivity contribution in [1.82, 2.24) is 0 Å². The van der Waals surface area contributed by atoms with Crippen LogP contribution in [0.4, 0.5) is 0 Å². The Morgan fingerprint density at radius 3 is 2.83 bits per heavy atom. The molecule has 1 aliphatic carbocycles. The smallest absolute Gasteiger partial charge is 0.105 e. The summed E-state index contributed by atoms with van der Waals surface area (Å²) in [6.45, 7) is 1.09. The van der Waals surface area contributed by atoms with Crippen molar-refractivity contribution in [2.45, 2.75) is 37.3 Å². The molecule has 0 aromatic heterocycles. The molecular weight excluding hydrogens is 154 g/mol. The highest BCUT2D eigenvalue weighted by Gasteiger charge is 2.40. The van der Waals surface area contributed by atoms with E-state index in [0.717, 1.165) is 12.3 Å². The van der Waals surface area contributed by atoms with Crippen LogP contribution in [0.15, 0.2) is 0 Å². The SMILES string of the molecule is NC(CC1CC1)C1(O)CCOC1. The first-order valence-corrected chi connectivity index (χ1v) is 4.76. The zero-order valence-corrected chi connectivity index (χ0v) is 7.33. The monoisotopic (exact) mass is 171 g/mol. The fraction of sp³-hybridized carbons (Fsp3) is 1.00. The molecule has 3 nitrogen and oxygen atoms in total. The highest BCUT2D eigenvalue weighted by atomic mass is 16.5. The van der Waals surface area contributed by atoms with Gasteiger partial charge in [-0.3, -0.25) is 0 Å². The summed E-state index contributed by atoms with van der Waals surface area (Å²) in [7, 11) is 0. The van der Waals surface area contributed by atoms with Gasteiger partial charge in [-0.1, -0.05) is 12.8 Å². The Morgan fingerprint density at radius 2 is 2.33 bits per heavy atom. The molecule has 0 aromatic rings. The van der Waals surface area contributed by atoms with Crippen molar-refractivity contribution in [1.29, 1.82) is 0 Å². The summed E-state index contributed by atoms with van der Waals surface area (Å²) in [6.07, 6.45) is 4.27. The Balaban J connectivity index is 1.87. The fourth-order valence-corrected chi connectivity index (χ4v) is 1.79. The van der Waals surface area contributed by atoms with E-state index in [1.807, 2.05) is 0 Å². The average molecular weight is 171 g/mol. The number of hydrogen-bond acceptors (Lipinski definition) is 3. The third-order valence-corrected chi connectivity index (χ3v) is 3.01. The summed E-state index contributed by atoms with van der Waals surface area (Å²) in [5.41, 5.74) is 5.20. The molecule has 70 valence electrons. The van der Waals surface area contributed by atoms with E-state index >= 15 is 0 Å². The minimum absolute atomic E-state index is 0.0764. The molecule has 1 saturated carbocycles. The van der Waals surface area contributed by atoms with Gasteiger partial charge >= 0.3 is 0 Å². The summed E-state index contributed by atoms with van der Waals surface area (Å²) < 4.78 is 5.15. The van der Waals surface area contributed by atoms with Crippen molar-refractivity contribution in [2.75, 3.05) is 13.2 Å². The van der Waals surface area contributed by atoms with Gasteiger partial charge in [0.2, 0.25) is 0 Å². The van der Waals surface area contributed by atoms with Gasteiger partial charge in [-0.05, 0) is 12.3 Å². The third-order valence-electron chi connectivity index (χ3n) is 3.01. The first-order chi connectivity index (χ1) is 5.71. The van der Waals surface area contributed by atoms with E-state index < -0.39 is 5.60 Å². The van der Waals surface area contributed by atoms with E-state index in [2.05, 4.69) is 0 Å². The second-order valence-electron chi connectivity index (χ2n) is 4.19. The molecule has 1 saturated heterocycles. The van der Waals surface area contributed by atoms with E-state index in [4.69, 9.17) is 10.5 Å². The van der Waals surface area contributed by atoms with Crippen LogP contribution in [-0.2, 0) is 4.74 Å². The van der Waals surface area contributed by atoms with Crippen LogP contribution in [0.3, 0.4) is 0 Å². The van der Waals surface area contributed by atoms with E-state index in [0.29, 0.717) is 19.6 Å². The second-order valence-corrected chi connectivity index (χ2v) is 4.19. The summed E-state index contributed by atoms with van der Waals surface area (Å²) in [5.74, 6) is 0.782. The Bertz CT molecular complexity index is 162. The van der Waals surface area contributed by atoms with E-state index in [1.54, 1.807) is 0 Å². The van der Waals surface area contributed by atoms with E-state index in [1.165, 1.54) is 12.8 Å². The molecule has 2 atom stereocenters. The van der Waals surface area contributed by atoms with Crippen LogP contribution in [0.25, 0.3) is 0 Å². The maximum absolute atomic E-state index is 9.99. The Kier molecular flexibility index (Phi) is 2.10. The largest absolute Gasteiger partial charge is 0.386 e. The molecule has 2 unspecified atom stereocenters. The number of hydrogen-bond donors (Lipinski definition) is 2. The minimum atomic E-state index is -0.720. The first-order valence-electron chi connectivity index (χ1n) is 4.76. The quantitative estimate of drug-likeness (QED) is 0.640. The van der Waals surface area contributed by atoms with Crippen molar-refractivity contribution in [3.05, 3.63) is 0 Å². The van der Waals surface area contributed by atoms with Gasteiger partial charge in [0.25, 0.3) is 0 Å². The maximum atomic E-state index is 9.99. The summed E-state index contributed by atoms with van der Waals surface area (Å²) in [6, 6.07) is -0.0764. The Morgan fingerprint density at radius 1 is 1.58 bits per heavy atom.